The number of aryl methyl sites for hydroxylation is 3. The first-order chi connectivity index (χ1) is 13.2. The van der Waals surface area contributed by atoms with Gasteiger partial charge in [0.2, 0.25) is 0 Å². The van der Waals surface area contributed by atoms with Crippen molar-refractivity contribution in [2.24, 2.45) is 7.05 Å². The quantitative estimate of drug-likeness (QED) is 0.621. The minimum atomic E-state index is -2.49. The molecule has 0 saturated carbocycles. The van der Waals surface area contributed by atoms with Crippen molar-refractivity contribution in [2.45, 2.75) is 66.1 Å². The van der Waals surface area contributed by atoms with Gasteiger partial charge in [0.1, 0.15) is 7.05 Å². The Morgan fingerprint density at radius 1 is 0.913 bits per heavy atom. The average Bonchev–Trinajstić information content (AvgIpc) is 2.50. The minimum absolute atomic E-state index is 0.0131. The SMILES string of the molecule is [2H]c1cc(C(C)(C)C)cc(C([2H])([2H])[2H])c1-c1cc(C(C)(C)C)[n+](C)cc1C([2H])([2H])[2H]. The summed E-state index contributed by atoms with van der Waals surface area (Å²) < 4.78 is 58.9. The summed E-state index contributed by atoms with van der Waals surface area (Å²) >= 11 is 0. The van der Waals surface area contributed by atoms with Gasteiger partial charge in [-0.2, -0.15) is 0 Å². The van der Waals surface area contributed by atoms with Gasteiger partial charge in [-0.3, -0.25) is 0 Å². The normalized spacial score (nSPS) is 18.1. The molecule has 0 aliphatic rings. The van der Waals surface area contributed by atoms with Crippen molar-refractivity contribution >= 4 is 0 Å². The van der Waals surface area contributed by atoms with Gasteiger partial charge >= 0.3 is 0 Å². The first-order valence-corrected chi connectivity index (χ1v) is 7.95. The number of rotatable bonds is 1. The third-order valence-electron chi connectivity index (χ3n) is 4.12. The number of nitrogens with zero attached hydrogens (tertiary/aromatic N) is 1. The summed E-state index contributed by atoms with van der Waals surface area (Å²) in [6.45, 7) is 6.96. The van der Waals surface area contributed by atoms with Crippen molar-refractivity contribution in [1.82, 2.24) is 0 Å². The zero-order chi connectivity index (χ0) is 23.4. The molecule has 0 spiro atoms. The van der Waals surface area contributed by atoms with Crippen LogP contribution in [0.4, 0.5) is 0 Å². The summed E-state index contributed by atoms with van der Waals surface area (Å²) in [7, 11) is 1.79. The monoisotopic (exact) mass is 317 g/mol. The molecule has 0 aliphatic heterocycles. The standard InChI is InChI=1S/C22H32N/c1-15-12-17(21(3,4)5)10-11-18(15)19-13-20(22(6,7)8)23(9)14-16(19)2/h10-14H,1-9H3/q+1/i1D3,2D3,11D. The Morgan fingerprint density at radius 2 is 1.57 bits per heavy atom. The van der Waals surface area contributed by atoms with Crippen LogP contribution >= 0.6 is 0 Å². The smallest absolute Gasteiger partial charge is 0.187 e. The van der Waals surface area contributed by atoms with Gasteiger partial charge < -0.3 is 0 Å². The van der Waals surface area contributed by atoms with Gasteiger partial charge in [0.25, 0.3) is 0 Å². The summed E-state index contributed by atoms with van der Waals surface area (Å²) in [5, 5.41) is 0. The highest BCUT2D eigenvalue weighted by Crippen LogP contribution is 2.32. The van der Waals surface area contributed by atoms with Crippen molar-refractivity contribution in [1.29, 1.82) is 0 Å². The van der Waals surface area contributed by atoms with E-state index < -0.39 is 13.7 Å². The van der Waals surface area contributed by atoms with Gasteiger partial charge in [0.05, 0.1) is 1.37 Å². The van der Waals surface area contributed by atoms with Gasteiger partial charge in [0, 0.05) is 25.3 Å². The molecule has 0 bridgehead atoms. The first-order valence-electron chi connectivity index (χ1n) is 11.4. The Bertz CT molecular complexity index is 956. The Hall–Kier alpha value is -1.63. The van der Waals surface area contributed by atoms with Gasteiger partial charge in [-0.25, -0.2) is 4.57 Å². The molecule has 1 aromatic carbocycles. The molecule has 1 aromatic heterocycles. The second-order valence-corrected chi connectivity index (χ2v) is 8.27. The molecule has 0 saturated heterocycles. The highest BCUT2D eigenvalue weighted by atomic mass is 14.9. The molecule has 124 valence electrons. The van der Waals surface area contributed by atoms with Crippen LogP contribution in [0.1, 0.15) is 73.5 Å². The molecule has 0 unspecified atom stereocenters. The van der Waals surface area contributed by atoms with E-state index in [9.17, 15) is 0 Å². The lowest BCUT2D eigenvalue weighted by atomic mass is 9.83. The van der Waals surface area contributed by atoms with Gasteiger partial charge in [-0.05, 0) is 41.4 Å². The molecule has 0 fully saturated rings. The fourth-order valence-electron chi connectivity index (χ4n) is 2.75. The van der Waals surface area contributed by atoms with Crippen LogP contribution in [0.5, 0.6) is 0 Å². The molecule has 0 N–H and O–H groups in total. The van der Waals surface area contributed by atoms with E-state index in [-0.39, 0.29) is 39.1 Å². The predicted octanol–water partition coefficient (Wildman–Crippen LogP) is 5.39. The van der Waals surface area contributed by atoms with Crippen molar-refractivity contribution in [3.05, 3.63) is 52.8 Å². The second kappa shape index (κ2) is 5.78. The van der Waals surface area contributed by atoms with Crippen LogP contribution in [0.15, 0.2) is 30.4 Å². The molecule has 0 amide bonds. The van der Waals surface area contributed by atoms with E-state index in [1.165, 1.54) is 0 Å². The van der Waals surface area contributed by atoms with Crippen molar-refractivity contribution in [3.63, 3.8) is 0 Å². The van der Waals surface area contributed by atoms with E-state index in [1.807, 2.05) is 41.5 Å². The molecular formula is C22H32N+. The van der Waals surface area contributed by atoms with Crippen LogP contribution in [0.3, 0.4) is 0 Å². The maximum absolute atomic E-state index is 8.69. The number of pyridine rings is 1. The fraction of sp³-hybridized carbons (Fsp3) is 0.500. The highest BCUT2D eigenvalue weighted by Gasteiger charge is 2.25. The summed E-state index contributed by atoms with van der Waals surface area (Å²) in [6, 6.07) is 5.01. The molecule has 1 heteroatoms. The minimum Gasteiger partial charge on any atom is -0.204 e. The Balaban J connectivity index is 3.06. The lowest BCUT2D eigenvalue weighted by Gasteiger charge is -2.22. The Labute approximate surface area is 152 Å². The van der Waals surface area contributed by atoms with Crippen LogP contribution in [0, 0.1) is 13.7 Å². The van der Waals surface area contributed by atoms with Gasteiger partial charge in [-0.15, -0.1) is 0 Å². The third kappa shape index (κ3) is 3.65. The summed E-state index contributed by atoms with van der Waals surface area (Å²) in [4.78, 5) is 0. The Kier molecular flexibility index (Phi) is 2.58. The summed E-state index contributed by atoms with van der Waals surface area (Å²) in [6.07, 6.45) is 1.54. The van der Waals surface area contributed by atoms with Crippen LogP contribution in [0.2, 0.25) is 0 Å². The summed E-state index contributed by atoms with van der Waals surface area (Å²) in [5.74, 6) is 0. The molecule has 1 nitrogen and oxygen atoms in total. The Morgan fingerprint density at radius 3 is 2.09 bits per heavy atom. The zero-order valence-corrected chi connectivity index (χ0v) is 15.3. The maximum Gasteiger partial charge on any atom is 0.187 e. The van der Waals surface area contributed by atoms with Crippen LogP contribution in [0.25, 0.3) is 11.1 Å². The second-order valence-electron chi connectivity index (χ2n) is 8.27. The lowest BCUT2D eigenvalue weighted by molar-refractivity contribution is -0.682. The maximum atomic E-state index is 8.69. The van der Waals surface area contributed by atoms with Crippen molar-refractivity contribution in [3.8, 4) is 11.1 Å². The highest BCUT2D eigenvalue weighted by molar-refractivity contribution is 5.70. The largest absolute Gasteiger partial charge is 0.204 e. The summed E-state index contributed by atoms with van der Waals surface area (Å²) in [5.41, 5.74) is 1.44. The van der Waals surface area contributed by atoms with Crippen LogP contribution in [-0.2, 0) is 17.9 Å². The molecule has 1 heterocycles. The number of aromatic nitrogens is 1. The van der Waals surface area contributed by atoms with Crippen LogP contribution < -0.4 is 4.57 Å². The third-order valence-corrected chi connectivity index (χ3v) is 4.12. The molecule has 2 rings (SSSR count). The van der Waals surface area contributed by atoms with E-state index in [1.54, 1.807) is 36.0 Å². The lowest BCUT2D eigenvalue weighted by Crippen LogP contribution is -2.39. The van der Waals surface area contributed by atoms with Gasteiger partial charge in [0.15, 0.2) is 11.9 Å². The van der Waals surface area contributed by atoms with E-state index in [4.69, 9.17) is 9.60 Å². The molecule has 23 heavy (non-hydrogen) atoms. The topological polar surface area (TPSA) is 3.88 Å². The number of hydrogen-bond donors (Lipinski definition) is 0. The predicted molar refractivity (Wildman–Crippen MR) is 99.9 cm³/mol. The number of hydrogen-bond acceptors (Lipinski definition) is 0. The first kappa shape index (κ1) is 10.3. The molecule has 0 aliphatic carbocycles. The van der Waals surface area contributed by atoms with Gasteiger partial charge in [-0.1, -0.05) is 59.7 Å². The molecular weight excluding hydrogens is 278 g/mol. The van der Waals surface area contributed by atoms with Crippen molar-refractivity contribution in [2.75, 3.05) is 0 Å². The van der Waals surface area contributed by atoms with Crippen molar-refractivity contribution < 1.29 is 14.2 Å². The number of benzene rings is 1. The zero-order valence-electron chi connectivity index (χ0n) is 22.3. The van der Waals surface area contributed by atoms with E-state index >= 15 is 0 Å². The fourth-order valence-corrected chi connectivity index (χ4v) is 2.75. The van der Waals surface area contributed by atoms with E-state index in [2.05, 4.69) is 0 Å². The van der Waals surface area contributed by atoms with E-state index in [0.717, 1.165) is 11.3 Å². The molecule has 2 aromatic rings. The molecule has 0 atom stereocenters. The van der Waals surface area contributed by atoms with E-state index in [0.29, 0.717) is 0 Å². The van der Waals surface area contributed by atoms with Crippen LogP contribution in [-0.4, -0.2) is 0 Å². The molecule has 0 radical (unpaired) electrons. The average molecular weight is 318 g/mol.